The SMILES string of the molecule is Cc1cc(C)cc(-c2ccc(C)c3c2=CC(=CC2CCCCC2)C=3)c1.[Zr]. The first-order valence-electron chi connectivity index (χ1n) is 9.74. The largest absolute Gasteiger partial charge is 0.0741 e. The van der Waals surface area contributed by atoms with Crippen molar-refractivity contribution in [3.8, 4) is 11.1 Å². The Morgan fingerprint density at radius 3 is 2.15 bits per heavy atom. The van der Waals surface area contributed by atoms with Crippen LogP contribution in [0.3, 0.4) is 0 Å². The second kappa shape index (κ2) is 8.22. The number of rotatable bonds is 2. The van der Waals surface area contributed by atoms with Gasteiger partial charge in [0.1, 0.15) is 0 Å². The molecule has 0 heterocycles. The van der Waals surface area contributed by atoms with Gasteiger partial charge in [0, 0.05) is 26.2 Å². The van der Waals surface area contributed by atoms with Crippen LogP contribution in [0.5, 0.6) is 0 Å². The van der Waals surface area contributed by atoms with Crippen LogP contribution in [0.4, 0.5) is 0 Å². The first-order valence-corrected chi connectivity index (χ1v) is 9.74. The molecule has 0 unspecified atom stereocenters. The minimum atomic E-state index is 0. The van der Waals surface area contributed by atoms with Crippen LogP contribution in [0.25, 0.3) is 23.3 Å². The molecule has 0 aliphatic heterocycles. The maximum Gasteiger partial charge on any atom is 0 e. The third kappa shape index (κ3) is 4.04. The monoisotopic (exact) mass is 418 g/mol. The van der Waals surface area contributed by atoms with Gasteiger partial charge in [-0.05, 0) is 84.4 Å². The van der Waals surface area contributed by atoms with E-state index in [9.17, 15) is 0 Å². The molecule has 0 spiro atoms. The molecule has 0 N–H and O–H groups in total. The summed E-state index contributed by atoms with van der Waals surface area (Å²) in [4.78, 5) is 0. The summed E-state index contributed by atoms with van der Waals surface area (Å²) in [5.41, 5.74) is 8.19. The quantitative estimate of drug-likeness (QED) is 0.615. The van der Waals surface area contributed by atoms with Gasteiger partial charge in [0.2, 0.25) is 0 Å². The zero-order chi connectivity index (χ0) is 17.4. The van der Waals surface area contributed by atoms with E-state index in [4.69, 9.17) is 0 Å². The normalized spacial score (nSPS) is 18.0. The van der Waals surface area contributed by atoms with Crippen molar-refractivity contribution in [2.45, 2.75) is 52.9 Å². The van der Waals surface area contributed by atoms with E-state index in [1.807, 2.05) is 0 Å². The molecule has 0 bridgehead atoms. The van der Waals surface area contributed by atoms with Crippen LogP contribution in [0.1, 0.15) is 48.8 Å². The Bertz CT molecular complexity index is 936. The molecule has 0 atom stereocenters. The summed E-state index contributed by atoms with van der Waals surface area (Å²) in [6, 6.07) is 11.5. The zero-order valence-corrected chi connectivity index (χ0v) is 18.7. The molecule has 2 aliphatic rings. The number of benzene rings is 2. The summed E-state index contributed by atoms with van der Waals surface area (Å²) in [5.74, 6) is 0.774. The fourth-order valence-corrected chi connectivity index (χ4v) is 4.52. The van der Waals surface area contributed by atoms with Gasteiger partial charge in [-0.25, -0.2) is 0 Å². The van der Waals surface area contributed by atoms with Crippen molar-refractivity contribution in [1.29, 1.82) is 0 Å². The summed E-state index contributed by atoms with van der Waals surface area (Å²) in [6.45, 7) is 6.61. The second-order valence-electron chi connectivity index (χ2n) is 7.99. The van der Waals surface area contributed by atoms with E-state index in [0.717, 1.165) is 5.92 Å². The van der Waals surface area contributed by atoms with E-state index >= 15 is 0 Å². The van der Waals surface area contributed by atoms with Crippen LogP contribution in [0.2, 0.25) is 0 Å². The Labute approximate surface area is 176 Å². The van der Waals surface area contributed by atoms with Gasteiger partial charge in [-0.3, -0.25) is 0 Å². The molecule has 0 radical (unpaired) electrons. The molecular formula is C25H28Zr. The van der Waals surface area contributed by atoms with Crippen LogP contribution >= 0.6 is 0 Å². The van der Waals surface area contributed by atoms with E-state index < -0.39 is 0 Å². The van der Waals surface area contributed by atoms with Crippen molar-refractivity contribution in [3.63, 3.8) is 0 Å². The molecule has 1 saturated carbocycles. The van der Waals surface area contributed by atoms with Gasteiger partial charge in [-0.15, -0.1) is 0 Å². The molecule has 0 amide bonds. The minimum Gasteiger partial charge on any atom is -0.0741 e. The number of hydrogen-bond donors (Lipinski definition) is 0. The van der Waals surface area contributed by atoms with E-state index in [0.29, 0.717) is 0 Å². The Kier molecular flexibility index (Phi) is 6.18. The van der Waals surface area contributed by atoms with Crippen molar-refractivity contribution in [2.75, 3.05) is 0 Å². The van der Waals surface area contributed by atoms with Gasteiger partial charge in [0.25, 0.3) is 0 Å². The van der Waals surface area contributed by atoms with E-state index in [2.05, 4.69) is 69.3 Å². The van der Waals surface area contributed by atoms with Crippen molar-refractivity contribution < 1.29 is 26.2 Å². The molecule has 4 rings (SSSR count). The molecule has 2 aliphatic carbocycles. The number of hydrogen-bond acceptors (Lipinski definition) is 0. The van der Waals surface area contributed by atoms with E-state index in [-0.39, 0.29) is 26.2 Å². The van der Waals surface area contributed by atoms with Gasteiger partial charge in [-0.2, -0.15) is 0 Å². The first kappa shape index (κ1) is 19.6. The van der Waals surface area contributed by atoms with Crippen molar-refractivity contribution in [2.24, 2.45) is 5.92 Å². The summed E-state index contributed by atoms with van der Waals surface area (Å²) in [5, 5.41) is 2.82. The average molecular weight is 420 g/mol. The number of fused-ring (bicyclic) bond motifs is 1. The maximum atomic E-state index is 2.53. The molecule has 2 aromatic rings. The van der Waals surface area contributed by atoms with Gasteiger partial charge in [0.05, 0.1) is 0 Å². The summed E-state index contributed by atoms with van der Waals surface area (Å²) in [6.07, 6.45) is 14.3. The van der Waals surface area contributed by atoms with Crippen molar-refractivity contribution in [3.05, 3.63) is 69.1 Å². The third-order valence-electron chi connectivity index (χ3n) is 5.74. The third-order valence-corrected chi connectivity index (χ3v) is 5.74. The van der Waals surface area contributed by atoms with Crippen LogP contribution in [-0.2, 0) is 26.2 Å². The molecule has 0 saturated heterocycles. The number of aryl methyl sites for hydroxylation is 3. The summed E-state index contributed by atoms with van der Waals surface area (Å²) in [7, 11) is 0. The molecule has 1 heteroatoms. The predicted molar refractivity (Wildman–Crippen MR) is 109 cm³/mol. The van der Waals surface area contributed by atoms with Crippen LogP contribution in [0.15, 0.2) is 42.0 Å². The molecule has 0 nitrogen and oxygen atoms in total. The van der Waals surface area contributed by atoms with Gasteiger partial charge >= 0.3 is 0 Å². The fourth-order valence-electron chi connectivity index (χ4n) is 4.52. The van der Waals surface area contributed by atoms with Gasteiger partial charge in [0.15, 0.2) is 0 Å². The standard InChI is InChI=1S/C25H28.Zr/c1-17-11-18(2)13-22(12-17)23-10-9-19(3)24-15-21(16-25(23)24)14-20-7-5-4-6-8-20;/h9-16,20H,4-8H2,1-3H3;. The Morgan fingerprint density at radius 1 is 0.808 bits per heavy atom. The molecular weight excluding hydrogens is 391 g/mol. The van der Waals surface area contributed by atoms with Crippen LogP contribution in [-0.4, -0.2) is 0 Å². The maximum absolute atomic E-state index is 2.53. The first-order chi connectivity index (χ1) is 12.1. The topological polar surface area (TPSA) is 0 Å². The molecule has 0 aromatic heterocycles. The van der Waals surface area contributed by atoms with E-state index in [1.54, 1.807) is 0 Å². The number of allylic oxidation sites excluding steroid dienone is 2. The predicted octanol–water partition coefficient (Wildman–Crippen LogP) is 5.36. The van der Waals surface area contributed by atoms with Crippen LogP contribution in [0, 0.1) is 26.7 Å². The van der Waals surface area contributed by atoms with Gasteiger partial charge in [-0.1, -0.05) is 66.8 Å². The van der Waals surface area contributed by atoms with Crippen LogP contribution < -0.4 is 10.4 Å². The molecule has 26 heavy (non-hydrogen) atoms. The average Bonchev–Trinajstić information content (AvgIpc) is 2.99. The summed E-state index contributed by atoms with van der Waals surface area (Å²) < 4.78 is 0. The van der Waals surface area contributed by atoms with Crippen molar-refractivity contribution >= 4 is 12.2 Å². The van der Waals surface area contributed by atoms with Gasteiger partial charge < -0.3 is 0 Å². The Balaban J connectivity index is 0.00000196. The molecule has 132 valence electrons. The molecule has 1 fully saturated rings. The Morgan fingerprint density at radius 2 is 1.46 bits per heavy atom. The minimum absolute atomic E-state index is 0. The fraction of sp³-hybridized carbons (Fsp3) is 0.360. The van der Waals surface area contributed by atoms with E-state index in [1.165, 1.54) is 75.9 Å². The molecule has 2 aromatic carbocycles. The summed E-state index contributed by atoms with van der Waals surface area (Å²) >= 11 is 0. The smallest absolute Gasteiger partial charge is 0 e. The zero-order valence-electron chi connectivity index (χ0n) is 16.2. The second-order valence-corrected chi connectivity index (χ2v) is 7.99. The van der Waals surface area contributed by atoms with Crippen molar-refractivity contribution in [1.82, 2.24) is 0 Å². The Hall–Kier alpha value is -1.20.